The van der Waals surface area contributed by atoms with Gasteiger partial charge in [0.25, 0.3) is 5.91 Å². The molecule has 1 aliphatic heterocycles. The van der Waals surface area contributed by atoms with Crippen molar-refractivity contribution in [3.8, 4) is 5.88 Å². The maximum atomic E-state index is 12.2. The van der Waals surface area contributed by atoms with Crippen LogP contribution in [0.1, 0.15) is 54.6 Å². The number of rotatable bonds is 7. The molecule has 1 N–H and O–H groups in total. The van der Waals surface area contributed by atoms with Crippen molar-refractivity contribution < 1.29 is 18.8 Å². The minimum Gasteiger partial charge on any atom is -0.468 e. The number of carbonyl (C=O) groups is 1. The SMILES string of the molecule is CCC(C)C(Oc1ccc(C(=O)N[C@@H]2CCOC2)nn1)c1cnoc1C. The summed E-state index contributed by atoms with van der Waals surface area (Å²) in [6.45, 7) is 7.25. The molecule has 8 nitrogen and oxygen atoms in total. The molecule has 2 aromatic rings. The zero-order valence-corrected chi connectivity index (χ0v) is 15.3. The van der Waals surface area contributed by atoms with Crippen LogP contribution < -0.4 is 10.1 Å². The molecule has 1 saturated heterocycles. The molecule has 0 aliphatic carbocycles. The van der Waals surface area contributed by atoms with Crippen LogP contribution in [0.5, 0.6) is 5.88 Å². The van der Waals surface area contributed by atoms with Crippen molar-refractivity contribution in [3.63, 3.8) is 0 Å². The number of nitrogens with one attached hydrogen (secondary N) is 1. The predicted octanol–water partition coefficient (Wildman–Crippen LogP) is 2.46. The quantitative estimate of drug-likeness (QED) is 0.809. The Bertz CT molecular complexity index is 725. The Kier molecular flexibility index (Phi) is 5.82. The Morgan fingerprint density at radius 1 is 1.42 bits per heavy atom. The molecule has 8 heteroatoms. The minimum absolute atomic E-state index is 0.0339. The molecule has 1 aliphatic rings. The molecule has 2 aromatic heterocycles. The third-order valence-electron chi connectivity index (χ3n) is 4.64. The predicted molar refractivity (Wildman–Crippen MR) is 92.8 cm³/mol. The van der Waals surface area contributed by atoms with Crippen LogP contribution >= 0.6 is 0 Å². The first-order valence-corrected chi connectivity index (χ1v) is 8.88. The molecule has 26 heavy (non-hydrogen) atoms. The third-order valence-corrected chi connectivity index (χ3v) is 4.64. The van der Waals surface area contributed by atoms with Gasteiger partial charge in [-0.05, 0) is 31.7 Å². The van der Waals surface area contributed by atoms with Gasteiger partial charge in [0.2, 0.25) is 5.88 Å². The van der Waals surface area contributed by atoms with Gasteiger partial charge >= 0.3 is 0 Å². The molecule has 3 rings (SSSR count). The second-order valence-electron chi connectivity index (χ2n) is 6.55. The van der Waals surface area contributed by atoms with Gasteiger partial charge in [0.15, 0.2) is 5.69 Å². The third kappa shape index (κ3) is 4.19. The Balaban J connectivity index is 1.68. The second kappa shape index (κ2) is 8.27. The van der Waals surface area contributed by atoms with Gasteiger partial charge in [-0.1, -0.05) is 19.0 Å². The highest BCUT2D eigenvalue weighted by Gasteiger charge is 2.25. The van der Waals surface area contributed by atoms with Crippen LogP contribution in [0.3, 0.4) is 0 Å². The lowest BCUT2D eigenvalue weighted by molar-refractivity contribution is 0.0922. The number of aromatic nitrogens is 3. The van der Waals surface area contributed by atoms with E-state index >= 15 is 0 Å². The largest absolute Gasteiger partial charge is 0.468 e. The molecular weight excluding hydrogens is 336 g/mol. The molecule has 140 valence electrons. The maximum absolute atomic E-state index is 12.2. The van der Waals surface area contributed by atoms with Gasteiger partial charge in [0.05, 0.1) is 24.4 Å². The van der Waals surface area contributed by atoms with Gasteiger partial charge in [-0.3, -0.25) is 4.79 Å². The first-order chi connectivity index (χ1) is 12.6. The van der Waals surface area contributed by atoms with Crippen LogP contribution in [-0.4, -0.2) is 40.5 Å². The molecule has 1 amide bonds. The summed E-state index contributed by atoms with van der Waals surface area (Å²) >= 11 is 0. The summed E-state index contributed by atoms with van der Waals surface area (Å²) in [5, 5.41) is 14.8. The number of nitrogens with zero attached hydrogens (tertiary/aromatic N) is 3. The molecule has 3 heterocycles. The van der Waals surface area contributed by atoms with E-state index in [1.165, 1.54) is 0 Å². The Hall–Kier alpha value is -2.48. The van der Waals surface area contributed by atoms with Gasteiger partial charge in [0, 0.05) is 12.7 Å². The monoisotopic (exact) mass is 360 g/mol. The van der Waals surface area contributed by atoms with Gasteiger partial charge in [0.1, 0.15) is 11.9 Å². The topological polar surface area (TPSA) is 99.4 Å². The summed E-state index contributed by atoms with van der Waals surface area (Å²) in [7, 11) is 0. The maximum Gasteiger partial charge on any atom is 0.272 e. The fourth-order valence-corrected chi connectivity index (χ4v) is 2.82. The molecule has 2 unspecified atom stereocenters. The van der Waals surface area contributed by atoms with E-state index in [-0.39, 0.29) is 29.7 Å². The van der Waals surface area contributed by atoms with Crippen molar-refractivity contribution in [3.05, 3.63) is 35.3 Å². The Morgan fingerprint density at radius 3 is 2.85 bits per heavy atom. The van der Waals surface area contributed by atoms with Crippen molar-refractivity contribution in [1.82, 2.24) is 20.7 Å². The average Bonchev–Trinajstić information content (AvgIpc) is 3.31. The normalized spacial score (nSPS) is 19.1. The molecule has 0 radical (unpaired) electrons. The molecular formula is C18H24N4O4. The van der Waals surface area contributed by atoms with Crippen LogP contribution in [0.4, 0.5) is 0 Å². The van der Waals surface area contributed by atoms with Crippen LogP contribution in [0.2, 0.25) is 0 Å². The highest BCUT2D eigenvalue weighted by atomic mass is 16.5. The van der Waals surface area contributed by atoms with Crippen LogP contribution in [0.25, 0.3) is 0 Å². The lowest BCUT2D eigenvalue weighted by atomic mass is 9.96. The van der Waals surface area contributed by atoms with Crippen molar-refractivity contribution in [1.29, 1.82) is 0 Å². The van der Waals surface area contributed by atoms with E-state index in [1.807, 2.05) is 6.92 Å². The van der Waals surface area contributed by atoms with Crippen molar-refractivity contribution in [2.24, 2.45) is 5.92 Å². The molecule has 0 bridgehead atoms. The first-order valence-electron chi connectivity index (χ1n) is 8.88. The highest BCUT2D eigenvalue weighted by molar-refractivity contribution is 5.92. The first kappa shape index (κ1) is 18.3. The van der Waals surface area contributed by atoms with Gasteiger partial charge < -0.3 is 19.3 Å². The van der Waals surface area contributed by atoms with Crippen molar-refractivity contribution in [2.45, 2.75) is 45.8 Å². The number of amides is 1. The van der Waals surface area contributed by atoms with Crippen LogP contribution in [0.15, 0.2) is 22.9 Å². The summed E-state index contributed by atoms with van der Waals surface area (Å²) in [5.74, 6) is 1.06. The second-order valence-corrected chi connectivity index (χ2v) is 6.55. The Labute approximate surface area is 152 Å². The smallest absolute Gasteiger partial charge is 0.272 e. The molecule has 0 aromatic carbocycles. The highest BCUT2D eigenvalue weighted by Crippen LogP contribution is 2.31. The van der Waals surface area contributed by atoms with Gasteiger partial charge in [-0.15, -0.1) is 10.2 Å². The fraction of sp³-hybridized carbons (Fsp3) is 0.556. The summed E-state index contributed by atoms with van der Waals surface area (Å²) in [5.41, 5.74) is 1.15. The number of hydrogen-bond acceptors (Lipinski definition) is 7. The van der Waals surface area contributed by atoms with Gasteiger partial charge in [-0.2, -0.15) is 0 Å². The average molecular weight is 360 g/mol. The molecule has 0 spiro atoms. The standard InChI is InChI=1S/C18H24N4O4/c1-4-11(2)17(14-9-19-26-12(14)3)25-16-6-5-15(21-22-16)18(23)20-13-7-8-24-10-13/h5-6,9,11,13,17H,4,7-8,10H2,1-3H3,(H,20,23)/t11?,13-,17?/m1/s1. The zero-order valence-electron chi connectivity index (χ0n) is 15.3. The molecule has 3 atom stereocenters. The summed E-state index contributed by atoms with van der Waals surface area (Å²) in [4.78, 5) is 12.2. The van der Waals surface area contributed by atoms with E-state index < -0.39 is 0 Å². The van der Waals surface area contributed by atoms with E-state index in [4.69, 9.17) is 14.0 Å². The van der Waals surface area contributed by atoms with E-state index in [9.17, 15) is 4.79 Å². The lowest BCUT2D eigenvalue weighted by Gasteiger charge is -2.22. The van der Waals surface area contributed by atoms with Crippen molar-refractivity contribution >= 4 is 5.91 Å². The van der Waals surface area contributed by atoms with Crippen LogP contribution in [0, 0.1) is 12.8 Å². The number of aryl methyl sites for hydroxylation is 1. The number of hydrogen-bond donors (Lipinski definition) is 1. The van der Waals surface area contributed by atoms with Gasteiger partial charge in [-0.25, -0.2) is 0 Å². The molecule has 0 saturated carbocycles. The van der Waals surface area contributed by atoms with E-state index in [2.05, 4.69) is 34.5 Å². The van der Waals surface area contributed by atoms with E-state index in [0.29, 0.717) is 19.1 Å². The van der Waals surface area contributed by atoms with E-state index in [0.717, 1.165) is 24.2 Å². The minimum atomic E-state index is -0.257. The number of ether oxygens (including phenoxy) is 2. The summed E-state index contributed by atoms with van der Waals surface area (Å²) in [6, 6.07) is 3.30. The Morgan fingerprint density at radius 2 is 2.27 bits per heavy atom. The summed E-state index contributed by atoms with van der Waals surface area (Å²) in [6.07, 6.45) is 3.17. The van der Waals surface area contributed by atoms with E-state index in [1.54, 1.807) is 18.3 Å². The number of carbonyl (C=O) groups excluding carboxylic acids is 1. The lowest BCUT2D eigenvalue weighted by Crippen LogP contribution is -2.35. The van der Waals surface area contributed by atoms with Crippen molar-refractivity contribution in [2.75, 3.05) is 13.2 Å². The van der Waals surface area contributed by atoms with Crippen LogP contribution in [-0.2, 0) is 4.74 Å². The summed E-state index contributed by atoms with van der Waals surface area (Å²) < 4.78 is 16.4. The zero-order chi connectivity index (χ0) is 18.5. The molecule has 1 fully saturated rings. The fourth-order valence-electron chi connectivity index (χ4n) is 2.82.